The third-order valence-electron chi connectivity index (χ3n) is 6.87. The van der Waals surface area contributed by atoms with E-state index in [2.05, 4.69) is 88.7 Å². The van der Waals surface area contributed by atoms with Crippen molar-refractivity contribution in [1.82, 2.24) is 0 Å². The maximum atomic E-state index is 3.62. The van der Waals surface area contributed by atoms with Gasteiger partial charge in [-0.2, -0.15) is 0 Å². The number of halogens is 1. The SMILES string of the molecule is Brc1ccc(C2c3ccccc3-c3c2c2c(c4ccccc34)CCCCC2)cc1. The lowest BCUT2D eigenvalue weighted by Crippen LogP contribution is -2.06. The molecule has 29 heavy (non-hydrogen) atoms. The molecule has 0 saturated heterocycles. The first-order valence-electron chi connectivity index (χ1n) is 10.7. The Balaban J connectivity index is 1.76. The van der Waals surface area contributed by atoms with Crippen LogP contribution in [-0.4, -0.2) is 0 Å². The molecular weight excluding hydrogens is 416 g/mol. The Hall–Kier alpha value is -2.38. The van der Waals surface area contributed by atoms with E-state index in [-0.39, 0.29) is 0 Å². The van der Waals surface area contributed by atoms with Gasteiger partial charge in [-0.3, -0.25) is 0 Å². The van der Waals surface area contributed by atoms with Crippen LogP contribution < -0.4 is 0 Å². The minimum atomic E-state index is 0.339. The van der Waals surface area contributed by atoms with Crippen molar-refractivity contribution in [2.75, 3.05) is 0 Å². The van der Waals surface area contributed by atoms with Crippen LogP contribution >= 0.6 is 15.9 Å². The van der Waals surface area contributed by atoms with Crippen molar-refractivity contribution in [3.63, 3.8) is 0 Å². The van der Waals surface area contributed by atoms with Crippen LogP contribution in [0.4, 0.5) is 0 Å². The fourth-order valence-electron chi connectivity index (χ4n) is 5.68. The zero-order valence-electron chi connectivity index (χ0n) is 16.4. The lowest BCUT2D eigenvalue weighted by atomic mass is 9.81. The van der Waals surface area contributed by atoms with Gasteiger partial charge in [0.1, 0.15) is 0 Å². The monoisotopic (exact) mass is 438 g/mol. The van der Waals surface area contributed by atoms with Crippen LogP contribution in [0.15, 0.2) is 77.3 Å². The summed E-state index contributed by atoms with van der Waals surface area (Å²) >= 11 is 3.62. The van der Waals surface area contributed by atoms with Gasteiger partial charge >= 0.3 is 0 Å². The molecule has 6 rings (SSSR count). The van der Waals surface area contributed by atoms with Crippen molar-refractivity contribution in [1.29, 1.82) is 0 Å². The van der Waals surface area contributed by atoms with Gasteiger partial charge in [-0.05, 0) is 87.5 Å². The molecule has 0 aromatic heterocycles. The molecule has 142 valence electrons. The Bertz CT molecular complexity index is 1230. The standard InChI is InChI=1S/C28H23Br/c29-19-16-14-18(15-17-19)26-24-12-6-7-13-25(24)27-22-11-5-4-9-20(22)21-8-2-1-3-10-23(21)28(26)27/h4-7,9,11-17,26H,1-3,8,10H2. The summed E-state index contributed by atoms with van der Waals surface area (Å²) in [5.74, 6) is 0.339. The van der Waals surface area contributed by atoms with Crippen molar-refractivity contribution in [3.05, 3.63) is 105 Å². The van der Waals surface area contributed by atoms with Gasteiger partial charge in [-0.25, -0.2) is 0 Å². The van der Waals surface area contributed by atoms with Crippen molar-refractivity contribution in [2.45, 2.75) is 38.0 Å². The van der Waals surface area contributed by atoms with Crippen molar-refractivity contribution in [3.8, 4) is 11.1 Å². The highest BCUT2D eigenvalue weighted by atomic mass is 79.9. The topological polar surface area (TPSA) is 0 Å². The van der Waals surface area contributed by atoms with Crippen LogP contribution in [0.1, 0.15) is 53.0 Å². The molecule has 1 atom stereocenters. The molecule has 0 nitrogen and oxygen atoms in total. The van der Waals surface area contributed by atoms with Gasteiger partial charge in [0.2, 0.25) is 0 Å². The summed E-state index contributed by atoms with van der Waals surface area (Å²) in [6, 6.07) is 27.2. The fraction of sp³-hybridized carbons (Fsp3) is 0.214. The summed E-state index contributed by atoms with van der Waals surface area (Å²) < 4.78 is 1.14. The Labute approximate surface area is 180 Å². The lowest BCUT2D eigenvalue weighted by molar-refractivity contribution is 0.711. The van der Waals surface area contributed by atoms with E-state index in [1.165, 1.54) is 65.1 Å². The Kier molecular flexibility index (Phi) is 4.13. The van der Waals surface area contributed by atoms with Crippen LogP contribution in [0.5, 0.6) is 0 Å². The van der Waals surface area contributed by atoms with E-state index in [9.17, 15) is 0 Å². The van der Waals surface area contributed by atoms with Crippen LogP contribution in [0, 0.1) is 0 Å². The third kappa shape index (κ3) is 2.64. The molecule has 4 aromatic rings. The van der Waals surface area contributed by atoms with Gasteiger partial charge in [0.15, 0.2) is 0 Å². The molecule has 1 heteroatoms. The van der Waals surface area contributed by atoms with Gasteiger partial charge in [-0.15, -0.1) is 0 Å². The molecule has 1 unspecified atom stereocenters. The van der Waals surface area contributed by atoms with Gasteiger partial charge in [0.25, 0.3) is 0 Å². The fourth-order valence-corrected chi connectivity index (χ4v) is 5.94. The van der Waals surface area contributed by atoms with E-state index < -0.39 is 0 Å². The first-order chi connectivity index (χ1) is 14.3. The normalized spacial score (nSPS) is 17.5. The number of rotatable bonds is 1. The van der Waals surface area contributed by atoms with Gasteiger partial charge in [0, 0.05) is 10.4 Å². The zero-order valence-corrected chi connectivity index (χ0v) is 18.0. The lowest BCUT2D eigenvalue weighted by Gasteiger charge is -2.22. The largest absolute Gasteiger partial charge is 0.0619 e. The molecule has 0 spiro atoms. The average Bonchev–Trinajstić information content (AvgIpc) is 2.92. The Morgan fingerprint density at radius 2 is 1.34 bits per heavy atom. The minimum absolute atomic E-state index is 0.339. The summed E-state index contributed by atoms with van der Waals surface area (Å²) in [6.07, 6.45) is 6.39. The van der Waals surface area contributed by atoms with E-state index in [0.717, 1.165) is 4.47 Å². The maximum absolute atomic E-state index is 3.62. The molecule has 4 aromatic carbocycles. The second-order valence-electron chi connectivity index (χ2n) is 8.42. The smallest absolute Gasteiger partial charge is 0.0355 e. The molecule has 0 radical (unpaired) electrons. The summed E-state index contributed by atoms with van der Waals surface area (Å²) in [5.41, 5.74) is 10.6. The summed E-state index contributed by atoms with van der Waals surface area (Å²) in [7, 11) is 0. The number of aryl methyl sites for hydroxylation is 1. The molecule has 0 heterocycles. The quantitative estimate of drug-likeness (QED) is 0.232. The van der Waals surface area contributed by atoms with Crippen LogP contribution in [0.3, 0.4) is 0 Å². The molecule has 0 amide bonds. The molecule has 0 aliphatic heterocycles. The number of hydrogen-bond donors (Lipinski definition) is 0. The second-order valence-corrected chi connectivity index (χ2v) is 9.34. The van der Waals surface area contributed by atoms with Crippen LogP contribution in [0.2, 0.25) is 0 Å². The zero-order chi connectivity index (χ0) is 19.4. The van der Waals surface area contributed by atoms with Crippen LogP contribution in [-0.2, 0) is 12.8 Å². The summed E-state index contributed by atoms with van der Waals surface area (Å²) in [6.45, 7) is 0. The maximum Gasteiger partial charge on any atom is 0.0355 e. The predicted molar refractivity (Wildman–Crippen MR) is 126 cm³/mol. The highest BCUT2D eigenvalue weighted by Crippen LogP contribution is 2.54. The second kappa shape index (κ2) is 6.85. The van der Waals surface area contributed by atoms with Crippen molar-refractivity contribution >= 4 is 26.7 Å². The van der Waals surface area contributed by atoms with E-state index in [0.29, 0.717) is 5.92 Å². The highest BCUT2D eigenvalue weighted by Gasteiger charge is 2.35. The minimum Gasteiger partial charge on any atom is -0.0619 e. The van der Waals surface area contributed by atoms with E-state index in [4.69, 9.17) is 0 Å². The predicted octanol–water partition coefficient (Wildman–Crippen LogP) is 8.03. The van der Waals surface area contributed by atoms with Gasteiger partial charge < -0.3 is 0 Å². The van der Waals surface area contributed by atoms with Gasteiger partial charge in [0.05, 0.1) is 0 Å². The first kappa shape index (κ1) is 17.5. The summed E-state index contributed by atoms with van der Waals surface area (Å²) in [5, 5.41) is 2.92. The number of hydrogen-bond acceptors (Lipinski definition) is 0. The number of benzene rings is 4. The Morgan fingerprint density at radius 3 is 2.17 bits per heavy atom. The van der Waals surface area contributed by atoms with Crippen molar-refractivity contribution in [2.24, 2.45) is 0 Å². The van der Waals surface area contributed by atoms with E-state index in [1.807, 2.05) is 0 Å². The molecule has 0 saturated carbocycles. The summed E-state index contributed by atoms with van der Waals surface area (Å²) in [4.78, 5) is 0. The molecule has 2 aliphatic rings. The van der Waals surface area contributed by atoms with Crippen LogP contribution in [0.25, 0.3) is 21.9 Å². The molecular formula is C28H23Br. The van der Waals surface area contributed by atoms with Crippen molar-refractivity contribution < 1.29 is 0 Å². The third-order valence-corrected chi connectivity index (χ3v) is 7.40. The van der Waals surface area contributed by atoms with E-state index in [1.54, 1.807) is 16.7 Å². The average molecular weight is 439 g/mol. The molecule has 0 fully saturated rings. The first-order valence-corrected chi connectivity index (χ1v) is 11.5. The highest BCUT2D eigenvalue weighted by molar-refractivity contribution is 9.10. The Morgan fingerprint density at radius 1 is 0.655 bits per heavy atom. The van der Waals surface area contributed by atoms with Gasteiger partial charge in [-0.1, -0.05) is 83.0 Å². The molecule has 2 aliphatic carbocycles. The molecule has 0 bridgehead atoms. The number of fused-ring (bicyclic) bond motifs is 8. The van der Waals surface area contributed by atoms with E-state index >= 15 is 0 Å². The molecule has 0 N–H and O–H groups in total.